The van der Waals surface area contributed by atoms with E-state index in [0.717, 1.165) is 29.2 Å². The molecular weight excluding hydrogens is 384 g/mol. The van der Waals surface area contributed by atoms with E-state index >= 15 is 0 Å². The second-order valence-corrected chi connectivity index (χ2v) is 7.70. The van der Waals surface area contributed by atoms with E-state index < -0.39 is 5.97 Å². The highest BCUT2D eigenvalue weighted by atomic mass is 16.5. The molecule has 0 amide bonds. The Morgan fingerprint density at radius 3 is 2.83 bits per heavy atom. The van der Waals surface area contributed by atoms with Gasteiger partial charge in [0, 0.05) is 11.1 Å². The average Bonchev–Trinajstić information content (AvgIpc) is 3.36. The number of aliphatic carboxylic acids is 1. The smallest absolute Gasteiger partial charge is 0.306 e. The van der Waals surface area contributed by atoms with Crippen LogP contribution in [0.25, 0.3) is 17.6 Å². The van der Waals surface area contributed by atoms with Gasteiger partial charge in [-0.15, -0.1) is 0 Å². The molecule has 0 bridgehead atoms. The number of carbonyl (C=O) groups is 1. The number of nitrogens with one attached hydrogen (secondary N) is 1. The molecule has 154 valence electrons. The summed E-state index contributed by atoms with van der Waals surface area (Å²) in [6, 6.07) is 5.78. The van der Waals surface area contributed by atoms with Crippen molar-refractivity contribution in [3.05, 3.63) is 45.3 Å². The maximum Gasteiger partial charge on any atom is 0.306 e. The molecule has 9 heteroatoms. The number of imidazole rings is 1. The number of carboxylic acids is 1. The fourth-order valence-corrected chi connectivity index (χ4v) is 4.43. The SMILES string of the molecule is COc1cccc2c1=N/C(=c1\nc(C3CCC(C(=O)O)CC3)n3c1=C(N)N=CN3)C=2. The zero-order chi connectivity index (χ0) is 20.8. The summed E-state index contributed by atoms with van der Waals surface area (Å²) in [6.07, 6.45) is 6.31. The molecule has 1 aromatic heterocycles. The van der Waals surface area contributed by atoms with E-state index in [1.54, 1.807) is 7.11 Å². The number of methoxy groups -OCH3 is 1. The highest BCUT2D eigenvalue weighted by Crippen LogP contribution is 2.34. The summed E-state index contributed by atoms with van der Waals surface area (Å²) in [7, 11) is 1.62. The van der Waals surface area contributed by atoms with E-state index in [1.807, 2.05) is 29.0 Å². The van der Waals surface area contributed by atoms with Crippen molar-refractivity contribution >= 4 is 29.9 Å². The molecule has 3 heterocycles. The van der Waals surface area contributed by atoms with Crippen LogP contribution in [-0.4, -0.2) is 34.2 Å². The third-order valence-electron chi connectivity index (χ3n) is 6.00. The van der Waals surface area contributed by atoms with E-state index in [-0.39, 0.29) is 11.8 Å². The van der Waals surface area contributed by atoms with Crippen LogP contribution in [0.1, 0.15) is 37.4 Å². The van der Waals surface area contributed by atoms with Gasteiger partial charge in [0.05, 0.1) is 18.7 Å². The van der Waals surface area contributed by atoms with E-state index in [1.165, 1.54) is 6.34 Å². The number of hydrogen-bond acceptors (Lipinski definition) is 7. The Labute approximate surface area is 171 Å². The van der Waals surface area contributed by atoms with Gasteiger partial charge in [0.2, 0.25) is 0 Å². The molecule has 2 aliphatic heterocycles. The van der Waals surface area contributed by atoms with Gasteiger partial charge in [0.15, 0.2) is 5.82 Å². The highest BCUT2D eigenvalue weighted by molar-refractivity contribution is 5.78. The predicted octanol–water partition coefficient (Wildman–Crippen LogP) is -0.918. The number of aromatic nitrogens is 2. The lowest BCUT2D eigenvalue weighted by Crippen LogP contribution is -2.42. The van der Waals surface area contributed by atoms with Gasteiger partial charge in [-0.1, -0.05) is 12.1 Å². The molecule has 0 spiro atoms. The van der Waals surface area contributed by atoms with Crippen molar-refractivity contribution in [2.45, 2.75) is 31.6 Å². The molecule has 4 N–H and O–H groups in total. The van der Waals surface area contributed by atoms with Gasteiger partial charge in [-0.3, -0.25) is 10.2 Å². The van der Waals surface area contributed by atoms with Crippen molar-refractivity contribution < 1.29 is 14.6 Å². The van der Waals surface area contributed by atoms with Crippen molar-refractivity contribution in [1.29, 1.82) is 0 Å². The first-order valence-electron chi connectivity index (χ1n) is 9.95. The largest absolute Gasteiger partial charge is 0.494 e. The first-order valence-corrected chi connectivity index (χ1v) is 9.95. The van der Waals surface area contributed by atoms with Crippen molar-refractivity contribution in [3.63, 3.8) is 0 Å². The molecule has 0 radical (unpaired) electrons. The van der Waals surface area contributed by atoms with Crippen molar-refractivity contribution in [1.82, 2.24) is 9.66 Å². The van der Waals surface area contributed by atoms with Gasteiger partial charge in [-0.05, 0) is 37.8 Å². The van der Waals surface area contributed by atoms with E-state index in [4.69, 9.17) is 20.4 Å². The molecule has 2 aromatic rings. The molecule has 0 saturated heterocycles. The van der Waals surface area contributed by atoms with Crippen LogP contribution in [-0.2, 0) is 4.79 Å². The molecule has 1 aromatic carbocycles. The summed E-state index contributed by atoms with van der Waals surface area (Å²) in [6.45, 7) is 0. The van der Waals surface area contributed by atoms with Crippen molar-refractivity contribution in [2.24, 2.45) is 21.6 Å². The molecule has 1 aliphatic carbocycles. The van der Waals surface area contributed by atoms with E-state index in [0.29, 0.717) is 40.8 Å². The molecule has 1 fully saturated rings. The summed E-state index contributed by atoms with van der Waals surface area (Å²) in [5.74, 6) is 1.03. The number of benzene rings is 1. The summed E-state index contributed by atoms with van der Waals surface area (Å²) in [5, 5.41) is 12.4. The minimum Gasteiger partial charge on any atom is -0.494 e. The number of rotatable bonds is 3. The van der Waals surface area contributed by atoms with Crippen LogP contribution in [0.3, 0.4) is 0 Å². The Hall–Kier alpha value is -3.62. The second kappa shape index (κ2) is 7.01. The lowest BCUT2D eigenvalue weighted by Gasteiger charge is -2.26. The maximum absolute atomic E-state index is 11.3. The maximum atomic E-state index is 11.3. The van der Waals surface area contributed by atoms with Crippen molar-refractivity contribution in [2.75, 3.05) is 12.5 Å². The van der Waals surface area contributed by atoms with Gasteiger partial charge in [0.1, 0.15) is 34.0 Å². The molecular formula is C21H22N6O3. The zero-order valence-electron chi connectivity index (χ0n) is 16.5. The van der Waals surface area contributed by atoms with E-state index in [2.05, 4.69) is 10.4 Å². The average molecular weight is 406 g/mol. The number of nitrogens with zero attached hydrogens (tertiary/aromatic N) is 4. The summed E-state index contributed by atoms with van der Waals surface area (Å²) in [4.78, 5) is 25.2. The number of aliphatic imine (C=N–C) groups is 1. The van der Waals surface area contributed by atoms with Gasteiger partial charge < -0.3 is 15.6 Å². The topological polar surface area (TPSA) is 127 Å². The standard InChI is InChI=1S/C21H22N6O3/c1-30-15-4-2-3-13-9-14(25-16(13)15)17-18-19(22)23-10-24-27(18)20(26-17)11-5-7-12(8-6-11)21(28)29/h2-4,9-12H,5-8,22H2,1H3,(H,23,24)(H,28,29)/b17-14-. The number of carboxylic acid groups (broad SMARTS) is 1. The quantitative estimate of drug-likeness (QED) is 0.605. The molecule has 1 saturated carbocycles. The third-order valence-corrected chi connectivity index (χ3v) is 6.00. The highest BCUT2D eigenvalue weighted by Gasteiger charge is 2.30. The fraction of sp³-hybridized carbons (Fsp3) is 0.333. The molecule has 5 rings (SSSR count). The fourth-order valence-electron chi connectivity index (χ4n) is 4.43. The molecule has 0 atom stereocenters. The minimum atomic E-state index is -0.719. The Morgan fingerprint density at radius 2 is 2.10 bits per heavy atom. The Bertz CT molecular complexity index is 1320. The van der Waals surface area contributed by atoms with E-state index in [9.17, 15) is 9.90 Å². The molecule has 0 unspecified atom stereocenters. The summed E-state index contributed by atoms with van der Waals surface area (Å²) < 4.78 is 7.30. The normalized spacial score (nSPS) is 23.7. The predicted molar refractivity (Wildman–Crippen MR) is 111 cm³/mol. The minimum absolute atomic E-state index is 0.138. The second-order valence-electron chi connectivity index (χ2n) is 7.70. The van der Waals surface area contributed by atoms with Gasteiger partial charge >= 0.3 is 5.97 Å². The van der Waals surface area contributed by atoms with Gasteiger partial charge in [0.25, 0.3) is 0 Å². The number of nitrogens with two attached hydrogens (primary N) is 1. The molecule has 9 nitrogen and oxygen atoms in total. The van der Waals surface area contributed by atoms with Crippen LogP contribution < -0.4 is 37.2 Å². The number of ether oxygens (including phenoxy) is 1. The zero-order valence-corrected chi connectivity index (χ0v) is 16.5. The van der Waals surface area contributed by atoms with Crippen LogP contribution in [0.2, 0.25) is 0 Å². The van der Waals surface area contributed by atoms with Crippen LogP contribution >= 0.6 is 0 Å². The summed E-state index contributed by atoms with van der Waals surface area (Å²) >= 11 is 0. The van der Waals surface area contributed by atoms with Crippen LogP contribution in [0.15, 0.2) is 28.2 Å². The first kappa shape index (κ1) is 18.4. The Morgan fingerprint density at radius 1 is 1.30 bits per heavy atom. The molecule has 30 heavy (non-hydrogen) atoms. The van der Waals surface area contributed by atoms with Crippen molar-refractivity contribution in [3.8, 4) is 5.75 Å². The van der Waals surface area contributed by atoms with Crippen LogP contribution in [0.5, 0.6) is 5.75 Å². The van der Waals surface area contributed by atoms with Crippen LogP contribution in [0.4, 0.5) is 0 Å². The Balaban J connectivity index is 1.68. The third kappa shape index (κ3) is 2.85. The summed E-state index contributed by atoms with van der Waals surface area (Å²) in [5.41, 5.74) is 10.1. The lowest BCUT2D eigenvalue weighted by molar-refractivity contribution is -0.142. The monoisotopic (exact) mass is 406 g/mol. The number of hydrogen-bond donors (Lipinski definition) is 3. The number of fused-ring (bicyclic) bond motifs is 2. The van der Waals surface area contributed by atoms with Crippen LogP contribution in [0, 0.1) is 5.92 Å². The van der Waals surface area contributed by atoms with Gasteiger partial charge in [-0.2, -0.15) is 0 Å². The lowest BCUT2D eigenvalue weighted by atomic mass is 9.81. The number of para-hydroxylation sites is 1. The first-order chi connectivity index (χ1) is 14.6. The Kier molecular flexibility index (Phi) is 4.30. The van der Waals surface area contributed by atoms with Gasteiger partial charge in [-0.25, -0.2) is 19.6 Å². The molecule has 3 aliphatic rings.